The lowest BCUT2D eigenvalue weighted by Crippen LogP contribution is -2.39. The minimum Gasteiger partial charge on any atom is -0.495 e. The molecule has 2 atom stereocenters. The average molecular weight is 286 g/mol. The van der Waals surface area contributed by atoms with Crippen LogP contribution in [0.15, 0.2) is 18.2 Å². The highest BCUT2D eigenvalue weighted by molar-refractivity contribution is 5.48. The lowest BCUT2D eigenvalue weighted by Gasteiger charge is -2.36. The molecule has 2 N–H and O–H groups in total. The second kappa shape index (κ2) is 7.49. The van der Waals surface area contributed by atoms with E-state index in [1.165, 1.54) is 24.9 Å². The molecule has 1 aromatic rings. The third kappa shape index (κ3) is 4.23. The van der Waals surface area contributed by atoms with Crippen molar-refractivity contribution in [1.82, 2.24) is 4.90 Å². The summed E-state index contributed by atoms with van der Waals surface area (Å²) >= 11 is 0. The summed E-state index contributed by atoms with van der Waals surface area (Å²) in [5.74, 6) is 7.68. The van der Waals surface area contributed by atoms with E-state index in [0.717, 1.165) is 23.8 Å². The Kier molecular flexibility index (Phi) is 5.67. The van der Waals surface area contributed by atoms with Crippen LogP contribution in [-0.4, -0.2) is 31.1 Å². The predicted molar refractivity (Wildman–Crippen MR) is 87.2 cm³/mol. The normalized spacial score (nSPS) is 22.5. The monoisotopic (exact) mass is 286 g/mol. The van der Waals surface area contributed by atoms with Gasteiger partial charge in [-0.1, -0.05) is 24.8 Å². The number of ether oxygens (including phenoxy) is 1. The molecule has 1 aliphatic heterocycles. The zero-order chi connectivity index (χ0) is 15.2. The Hall–Kier alpha value is -1.50. The Labute approximate surface area is 128 Å². The van der Waals surface area contributed by atoms with Crippen LogP contribution in [0.2, 0.25) is 0 Å². The maximum absolute atomic E-state index is 5.46. The van der Waals surface area contributed by atoms with Crippen LogP contribution >= 0.6 is 0 Å². The van der Waals surface area contributed by atoms with Crippen LogP contribution in [0, 0.1) is 17.8 Å². The van der Waals surface area contributed by atoms with E-state index in [9.17, 15) is 0 Å². The highest BCUT2D eigenvalue weighted by Crippen LogP contribution is 2.25. The largest absolute Gasteiger partial charge is 0.495 e. The number of nitrogens with zero attached hydrogens (tertiary/aromatic N) is 1. The Morgan fingerprint density at radius 3 is 2.86 bits per heavy atom. The predicted octanol–water partition coefficient (Wildman–Crippen LogP) is 2.63. The number of nitrogens with two attached hydrogens (primary N) is 1. The molecule has 0 amide bonds. The van der Waals surface area contributed by atoms with Crippen LogP contribution in [0.1, 0.15) is 37.8 Å². The van der Waals surface area contributed by atoms with Gasteiger partial charge in [-0.3, -0.25) is 4.90 Å². The summed E-state index contributed by atoms with van der Waals surface area (Å²) < 4.78 is 5.37. The highest BCUT2D eigenvalue weighted by atomic mass is 16.5. The first-order chi connectivity index (χ1) is 10.1. The molecule has 0 saturated carbocycles. The van der Waals surface area contributed by atoms with E-state index in [1.807, 2.05) is 6.07 Å². The molecule has 1 saturated heterocycles. The van der Waals surface area contributed by atoms with Crippen LogP contribution in [0.3, 0.4) is 0 Å². The van der Waals surface area contributed by atoms with E-state index in [4.69, 9.17) is 10.5 Å². The zero-order valence-corrected chi connectivity index (χ0v) is 13.4. The first-order valence-corrected chi connectivity index (χ1v) is 7.74. The number of likely N-dealkylation sites (tertiary alicyclic amines) is 1. The van der Waals surface area contributed by atoms with Crippen molar-refractivity contribution in [2.45, 2.75) is 39.3 Å². The number of benzene rings is 1. The second-order valence-corrected chi connectivity index (χ2v) is 5.99. The molecule has 3 nitrogen and oxygen atoms in total. The van der Waals surface area contributed by atoms with Gasteiger partial charge >= 0.3 is 0 Å². The molecular formula is C18H26N2O. The van der Waals surface area contributed by atoms with Gasteiger partial charge in [0.05, 0.1) is 19.2 Å². The van der Waals surface area contributed by atoms with Gasteiger partial charge in [0.25, 0.3) is 0 Å². The molecule has 1 fully saturated rings. The van der Waals surface area contributed by atoms with Gasteiger partial charge in [-0.2, -0.15) is 0 Å². The summed E-state index contributed by atoms with van der Waals surface area (Å²) in [6.45, 7) is 7.21. The number of hydrogen-bond donors (Lipinski definition) is 1. The van der Waals surface area contributed by atoms with Crippen molar-refractivity contribution >= 4 is 0 Å². The number of hydrogen-bond acceptors (Lipinski definition) is 3. The van der Waals surface area contributed by atoms with E-state index >= 15 is 0 Å². The molecule has 3 heteroatoms. The molecule has 21 heavy (non-hydrogen) atoms. The lowest BCUT2D eigenvalue weighted by molar-refractivity contribution is 0.122. The van der Waals surface area contributed by atoms with Gasteiger partial charge in [0.1, 0.15) is 5.75 Å². The fourth-order valence-electron chi connectivity index (χ4n) is 3.02. The molecule has 2 rings (SSSR count). The Morgan fingerprint density at radius 1 is 1.38 bits per heavy atom. The Morgan fingerprint density at radius 2 is 2.19 bits per heavy atom. The molecule has 114 valence electrons. The molecule has 2 unspecified atom stereocenters. The standard InChI is InChI=1S/C18H26N2O/c1-14-8-10-20(15(2)11-14)13-16-6-7-18(21-3)17(12-16)5-4-9-19/h6-7,12,14-15H,8-11,13,19H2,1-3H3. The van der Waals surface area contributed by atoms with Gasteiger partial charge < -0.3 is 10.5 Å². The van der Waals surface area contributed by atoms with Crippen LogP contribution in [0.4, 0.5) is 0 Å². The van der Waals surface area contributed by atoms with Crippen molar-refractivity contribution in [3.8, 4) is 17.6 Å². The fraction of sp³-hybridized carbons (Fsp3) is 0.556. The smallest absolute Gasteiger partial charge is 0.134 e. The van der Waals surface area contributed by atoms with Crippen molar-refractivity contribution in [2.75, 3.05) is 20.2 Å². The quantitative estimate of drug-likeness (QED) is 0.868. The van der Waals surface area contributed by atoms with Gasteiger partial charge in [-0.25, -0.2) is 0 Å². The minimum atomic E-state index is 0.369. The molecular weight excluding hydrogens is 260 g/mol. The molecule has 0 aromatic heterocycles. The fourth-order valence-corrected chi connectivity index (χ4v) is 3.02. The summed E-state index contributed by atoms with van der Waals surface area (Å²) in [4.78, 5) is 2.56. The Balaban J connectivity index is 2.13. The van der Waals surface area contributed by atoms with Gasteiger partial charge in [0.2, 0.25) is 0 Å². The SMILES string of the molecule is COc1ccc(CN2CCC(C)CC2C)cc1C#CCN. The molecule has 0 aliphatic carbocycles. The van der Waals surface area contributed by atoms with Gasteiger partial charge in [-0.05, 0) is 49.9 Å². The van der Waals surface area contributed by atoms with Crippen molar-refractivity contribution in [1.29, 1.82) is 0 Å². The maximum Gasteiger partial charge on any atom is 0.134 e. The van der Waals surface area contributed by atoms with Gasteiger partial charge in [0.15, 0.2) is 0 Å². The van der Waals surface area contributed by atoms with Crippen molar-refractivity contribution < 1.29 is 4.74 Å². The summed E-state index contributed by atoms with van der Waals surface area (Å²) in [6, 6.07) is 6.92. The molecule has 0 radical (unpaired) electrons. The van der Waals surface area contributed by atoms with E-state index in [0.29, 0.717) is 12.6 Å². The molecule has 0 spiro atoms. The summed E-state index contributed by atoms with van der Waals surface area (Å²) in [5, 5.41) is 0. The summed E-state index contributed by atoms with van der Waals surface area (Å²) in [5.41, 5.74) is 7.68. The zero-order valence-electron chi connectivity index (χ0n) is 13.4. The van der Waals surface area contributed by atoms with E-state index in [1.54, 1.807) is 7.11 Å². The number of rotatable bonds is 3. The van der Waals surface area contributed by atoms with Gasteiger partial charge in [-0.15, -0.1) is 0 Å². The van der Waals surface area contributed by atoms with E-state index < -0.39 is 0 Å². The number of piperidine rings is 1. The molecule has 1 heterocycles. The summed E-state index contributed by atoms with van der Waals surface area (Å²) in [6.07, 6.45) is 2.58. The average Bonchev–Trinajstić information content (AvgIpc) is 2.48. The van der Waals surface area contributed by atoms with Crippen molar-refractivity contribution in [2.24, 2.45) is 11.7 Å². The second-order valence-electron chi connectivity index (χ2n) is 5.99. The molecule has 1 aromatic carbocycles. The van der Waals surface area contributed by atoms with E-state index in [-0.39, 0.29) is 0 Å². The maximum atomic E-state index is 5.46. The van der Waals surface area contributed by atoms with Crippen molar-refractivity contribution in [3.05, 3.63) is 29.3 Å². The minimum absolute atomic E-state index is 0.369. The summed E-state index contributed by atoms with van der Waals surface area (Å²) in [7, 11) is 1.68. The first-order valence-electron chi connectivity index (χ1n) is 7.74. The molecule has 1 aliphatic rings. The van der Waals surface area contributed by atoms with Crippen molar-refractivity contribution in [3.63, 3.8) is 0 Å². The topological polar surface area (TPSA) is 38.5 Å². The highest BCUT2D eigenvalue weighted by Gasteiger charge is 2.22. The Bertz CT molecular complexity index is 530. The van der Waals surface area contributed by atoms with Crippen LogP contribution in [-0.2, 0) is 6.54 Å². The lowest BCUT2D eigenvalue weighted by atomic mass is 9.93. The van der Waals surface area contributed by atoms with E-state index in [2.05, 4.69) is 42.7 Å². The first kappa shape index (κ1) is 15.9. The molecule has 0 bridgehead atoms. The van der Waals surface area contributed by atoms with Crippen LogP contribution in [0.25, 0.3) is 0 Å². The number of methoxy groups -OCH3 is 1. The third-order valence-electron chi connectivity index (χ3n) is 4.25. The third-order valence-corrected chi connectivity index (χ3v) is 4.25. The van der Waals surface area contributed by atoms with Crippen LogP contribution in [0.5, 0.6) is 5.75 Å². The van der Waals surface area contributed by atoms with Crippen LogP contribution < -0.4 is 10.5 Å². The van der Waals surface area contributed by atoms with Gasteiger partial charge in [0, 0.05) is 12.6 Å².